The number of carbonyl (C=O) groups excluding carboxylic acids is 1. The minimum atomic E-state index is -0.804. The Kier molecular flexibility index (Phi) is 8.43. The van der Waals surface area contributed by atoms with Crippen LogP contribution in [0, 0.1) is 11.6 Å². The number of aromatic nitrogens is 2. The van der Waals surface area contributed by atoms with E-state index >= 15 is 0 Å². The molecule has 0 aliphatic rings. The molecule has 0 atom stereocenters. The van der Waals surface area contributed by atoms with Gasteiger partial charge < -0.3 is 19.5 Å². The van der Waals surface area contributed by atoms with Crippen LogP contribution in [0.25, 0.3) is 0 Å². The summed E-state index contributed by atoms with van der Waals surface area (Å²) in [6.45, 7) is 8.42. The highest BCUT2D eigenvalue weighted by Crippen LogP contribution is 2.25. The molecule has 32 heavy (non-hydrogen) atoms. The smallest absolute Gasteiger partial charge is 0.407 e. The van der Waals surface area contributed by atoms with Gasteiger partial charge in [0.15, 0.2) is 5.02 Å². The van der Waals surface area contributed by atoms with Crippen LogP contribution in [0.15, 0.2) is 23.0 Å². The summed E-state index contributed by atoms with van der Waals surface area (Å²) >= 11 is 6.11. The first kappa shape index (κ1) is 25.4. The first-order chi connectivity index (χ1) is 14.9. The highest BCUT2D eigenvalue weighted by atomic mass is 35.5. The summed E-state index contributed by atoms with van der Waals surface area (Å²) in [6, 6.07) is 2.59. The molecule has 2 rings (SSSR count). The van der Waals surface area contributed by atoms with Gasteiger partial charge in [0.05, 0.1) is 6.54 Å². The summed E-state index contributed by atoms with van der Waals surface area (Å²) in [5.41, 5.74) is -1.19. The molecule has 0 saturated heterocycles. The lowest BCUT2D eigenvalue weighted by Crippen LogP contribution is -2.35. The number of hydrogen-bond donors (Lipinski definition) is 1. The summed E-state index contributed by atoms with van der Waals surface area (Å²) < 4.78 is 44.2. The minimum Gasteiger partial charge on any atom is -0.471 e. The molecule has 0 radical (unpaired) electrons. The van der Waals surface area contributed by atoms with Crippen molar-refractivity contribution in [2.75, 3.05) is 13.2 Å². The zero-order valence-electron chi connectivity index (χ0n) is 18.5. The van der Waals surface area contributed by atoms with E-state index < -0.39 is 28.9 Å². The van der Waals surface area contributed by atoms with Crippen molar-refractivity contribution >= 4 is 17.7 Å². The van der Waals surface area contributed by atoms with E-state index in [9.17, 15) is 18.4 Å². The zero-order valence-corrected chi connectivity index (χ0v) is 19.3. The average Bonchev–Trinajstić information content (AvgIpc) is 2.66. The van der Waals surface area contributed by atoms with Gasteiger partial charge in [0.25, 0.3) is 5.56 Å². The number of amides is 1. The fraction of sp³-hybridized carbons (Fsp3) is 0.476. The van der Waals surface area contributed by atoms with E-state index in [0.717, 1.165) is 12.1 Å². The van der Waals surface area contributed by atoms with Crippen LogP contribution < -0.4 is 20.3 Å². The van der Waals surface area contributed by atoms with Crippen LogP contribution in [0.3, 0.4) is 0 Å². The summed E-state index contributed by atoms with van der Waals surface area (Å²) in [5.74, 6) is -1.79. The molecular weight excluding hydrogens is 448 g/mol. The van der Waals surface area contributed by atoms with Crippen molar-refractivity contribution in [3.05, 3.63) is 50.8 Å². The maximum atomic E-state index is 13.8. The lowest BCUT2D eigenvalue weighted by atomic mass is 10.2. The zero-order chi connectivity index (χ0) is 24.1. The summed E-state index contributed by atoms with van der Waals surface area (Å²) in [7, 11) is 0. The molecule has 0 fully saturated rings. The van der Waals surface area contributed by atoms with Crippen LogP contribution in [0.5, 0.6) is 11.9 Å². The third kappa shape index (κ3) is 7.08. The lowest BCUT2D eigenvalue weighted by Gasteiger charge is -2.20. The van der Waals surface area contributed by atoms with Crippen LogP contribution in [-0.4, -0.2) is 34.4 Å². The molecule has 1 heterocycles. The van der Waals surface area contributed by atoms with Crippen molar-refractivity contribution < 1.29 is 27.8 Å². The summed E-state index contributed by atoms with van der Waals surface area (Å²) in [6.07, 6.45) is -0.614. The van der Waals surface area contributed by atoms with Crippen LogP contribution in [0.1, 0.15) is 46.2 Å². The molecule has 176 valence electrons. The Morgan fingerprint density at radius 2 is 1.94 bits per heavy atom. The Bertz CT molecular complexity index is 1020. The Morgan fingerprint density at radius 3 is 2.53 bits per heavy atom. The topological polar surface area (TPSA) is 91.7 Å². The van der Waals surface area contributed by atoms with Crippen molar-refractivity contribution in [1.82, 2.24) is 14.9 Å². The maximum Gasteiger partial charge on any atom is 0.407 e. The monoisotopic (exact) mass is 473 g/mol. The number of hydrogen-bond acceptors (Lipinski definition) is 6. The van der Waals surface area contributed by atoms with Gasteiger partial charge in [-0.2, -0.15) is 4.98 Å². The van der Waals surface area contributed by atoms with E-state index in [1.54, 1.807) is 34.6 Å². The predicted molar refractivity (Wildman–Crippen MR) is 114 cm³/mol. The third-order valence-corrected chi connectivity index (χ3v) is 4.22. The number of benzene rings is 1. The van der Waals surface area contributed by atoms with E-state index in [4.69, 9.17) is 25.8 Å². The molecule has 0 unspecified atom stereocenters. The van der Waals surface area contributed by atoms with Crippen molar-refractivity contribution in [1.29, 1.82) is 0 Å². The molecule has 0 aliphatic carbocycles. The van der Waals surface area contributed by atoms with E-state index in [2.05, 4.69) is 10.3 Å². The molecule has 2 aromatic rings. The quantitative estimate of drug-likeness (QED) is 0.577. The predicted octanol–water partition coefficient (Wildman–Crippen LogP) is 4.24. The van der Waals surface area contributed by atoms with E-state index in [1.165, 1.54) is 10.6 Å². The van der Waals surface area contributed by atoms with Crippen LogP contribution in [-0.2, 0) is 11.3 Å². The Balaban J connectivity index is 2.14. The normalized spacial score (nSPS) is 11.4. The van der Waals surface area contributed by atoms with Crippen LogP contribution >= 0.6 is 11.6 Å². The third-order valence-electron chi connectivity index (χ3n) is 3.89. The molecule has 1 aromatic carbocycles. The second-order valence-corrected chi connectivity index (χ2v) is 8.46. The van der Waals surface area contributed by atoms with Gasteiger partial charge in [0, 0.05) is 17.7 Å². The molecule has 0 bridgehead atoms. The van der Waals surface area contributed by atoms with E-state index in [-0.39, 0.29) is 48.3 Å². The second kappa shape index (κ2) is 10.6. The largest absolute Gasteiger partial charge is 0.471 e. The number of carbonyl (C=O) groups is 1. The lowest BCUT2D eigenvalue weighted by molar-refractivity contribution is 0.0518. The van der Waals surface area contributed by atoms with Gasteiger partial charge in [-0.15, -0.1) is 0 Å². The molecule has 0 spiro atoms. The van der Waals surface area contributed by atoms with Gasteiger partial charge in [-0.05, 0) is 46.8 Å². The van der Waals surface area contributed by atoms with Crippen molar-refractivity contribution in [3.63, 3.8) is 0 Å². The van der Waals surface area contributed by atoms with Gasteiger partial charge >= 0.3 is 12.1 Å². The number of alkyl carbamates (subject to hydrolysis) is 1. The van der Waals surface area contributed by atoms with Crippen LogP contribution in [0.4, 0.5) is 13.6 Å². The SMILES string of the molecule is CC(C)n1c(OCCNC(=O)OC(C)(C)C)nc(OCc2ccc(F)cc2F)c(Cl)c1=O. The first-order valence-electron chi connectivity index (χ1n) is 9.87. The molecular formula is C21H26ClF2N3O5. The van der Waals surface area contributed by atoms with Gasteiger partial charge in [-0.25, -0.2) is 13.6 Å². The molecule has 8 nitrogen and oxygen atoms in total. The average molecular weight is 474 g/mol. The molecule has 0 aliphatic heterocycles. The van der Waals surface area contributed by atoms with Gasteiger partial charge in [-0.1, -0.05) is 11.6 Å². The fourth-order valence-electron chi connectivity index (χ4n) is 2.52. The second-order valence-electron chi connectivity index (χ2n) is 8.08. The molecule has 1 amide bonds. The number of halogens is 3. The highest BCUT2D eigenvalue weighted by Gasteiger charge is 2.20. The van der Waals surface area contributed by atoms with Crippen LogP contribution in [0.2, 0.25) is 5.02 Å². The first-order valence-corrected chi connectivity index (χ1v) is 10.2. The van der Waals surface area contributed by atoms with E-state index in [1.807, 2.05) is 0 Å². The van der Waals surface area contributed by atoms with Gasteiger partial charge in [0.2, 0.25) is 5.88 Å². The Labute approximate surface area is 189 Å². The van der Waals surface area contributed by atoms with Crippen molar-refractivity contribution in [2.45, 2.75) is 52.9 Å². The highest BCUT2D eigenvalue weighted by molar-refractivity contribution is 6.31. The maximum absolute atomic E-state index is 13.8. The van der Waals surface area contributed by atoms with Crippen molar-refractivity contribution in [2.24, 2.45) is 0 Å². The molecule has 11 heteroatoms. The van der Waals surface area contributed by atoms with Gasteiger partial charge in [0.1, 0.15) is 30.4 Å². The Hall–Kier alpha value is -2.88. The molecule has 1 aromatic heterocycles. The number of rotatable bonds is 8. The number of nitrogens with zero attached hydrogens (tertiary/aromatic N) is 2. The van der Waals surface area contributed by atoms with Crippen molar-refractivity contribution in [3.8, 4) is 11.9 Å². The van der Waals surface area contributed by atoms with Gasteiger partial charge in [-0.3, -0.25) is 9.36 Å². The number of nitrogens with one attached hydrogen (secondary N) is 1. The minimum absolute atomic E-state index is 0.0218. The Morgan fingerprint density at radius 1 is 1.25 bits per heavy atom. The summed E-state index contributed by atoms with van der Waals surface area (Å²) in [5, 5.41) is 2.22. The van der Waals surface area contributed by atoms with E-state index in [0.29, 0.717) is 0 Å². The fourth-order valence-corrected chi connectivity index (χ4v) is 2.71. The summed E-state index contributed by atoms with van der Waals surface area (Å²) in [4.78, 5) is 28.5. The molecule has 1 N–H and O–H groups in total. The number of ether oxygens (including phenoxy) is 3. The molecule has 0 saturated carbocycles. The standard InChI is InChI=1S/C21H26ClF2N3O5/c1-12(2)27-18(28)16(22)17(31-11-13-6-7-14(23)10-15(13)24)26-19(27)30-9-8-25-20(29)32-21(3,4)5/h6-7,10,12H,8-9,11H2,1-5H3,(H,25,29).